The largest absolute Gasteiger partial charge is 0.356 e. The number of guanidine groups is 1. The van der Waals surface area contributed by atoms with Gasteiger partial charge in [0.15, 0.2) is 5.96 Å². The van der Waals surface area contributed by atoms with Gasteiger partial charge in [0, 0.05) is 26.2 Å². The van der Waals surface area contributed by atoms with Crippen molar-refractivity contribution in [2.24, 2.45) is 16.8 Å². The van der Waals surface area contributed by atoms with Crippen molar-refractivity contribution in [2.75, 3.05) is 26.7 Å². The van der Waals surface area contributed by atoms with Gasteiger partial charge in [0.2, 0.25) is 5.91 Å². The Balaban J connectivity index is 0.00000242. The topological polar surface area (TPSA) is 47.9 Å². The minimum atomic E-state index is -0.173. The van der Waals surface area contributed by atoms with Crippen LogP contribution < -0.4 is 5.32 Å². The predicted octanol–water partition coefficient (Wildman–Crippen LogP) is 2.17. The van der Waals surface area contributed by atoms with E-state index < -0.39 is 0 Å². The van der Waals surface area contributed by atoms with Gasteiger partial charge in [0.1, 0.15) is 0 Å². The van der Waals surface area contributed by atoms with Crippen LogP contribution >= 0.6 is 24.0 Å². The first-order valence-electron chi connectivity index (χ1n) is 8.04. The van der Waals surface area contributed by atoms with Crippen LogP contribution in [0.3, 0.4) is 0 Å². The van der Waals surface area contributed by atoms with E-state index in [1.807, 2.05) is 4.90 Å². The highest BCUT2D eigenvalue weighted by Gasteiger charge is 2.41. The summed E-state index contributed by atoms with van der Waals surface area (Å²) in [5.41, 5.74) is -0.173. The molecule has 0 aromatic carbocycles. The monoisotopic (exact) mass is 422 g/mol. The highest BCUT2D eigenvalue weighted by molar-refractivity contribution is 14.0. The van der Waals surface area contributed by atoms with Crippen molar-refractivity contribution in [3.05, 3.63) is 0 Å². The molecule has 22 heavy (non-hydrogen) atoms. The predicted molar refractivity (Wildman–Crippen MR) is 102 cm³/mol. The molecule has 1 saturated carbocycles. The van der Waals surface area contributed by atoms with Gasteiger partial charge in [0.25, 0.3) is 0 Å². The molecule has 2 atom stereocenters. The molecule has 1 aliphatic carbocycles. The Hall–Kier alpha value is -0.530. The number of amides is 1. The molecule has 1 N–H and O–H groups in total. The number of piperazine rings is 1. The van der Waals surface area contributed by atoms with Crippen LogP contribution in [-0.2, 0) is 4.79 Å². The second-order valence-electron chi connectivity index (χ2n) is 7.43. The molecule has 0 spiro atoms. The molecule has 0 bridgehead atoms. The second-order valence-corrected chi connectivity index (χ2v) is 7.43. The van der Waals surface area contributed by atoms with Crippen LogP contribution in [0.5, 0.6) is 0 Å². The fraction of sp³-hybridized carbons (Fsp3) is 0.875. The fourth-order valence-corrected chi connectivity index (χ4v) is 3.55. The molecule has 2 rings (SSSR count). The standard InChI is InChI=1S/C16H30N4O.HI/c1-11(2)20-14(21)9-19(10-16(20,4)5)15(17-6)18-8-13-7-12(13)3;/h11-13H,7-10H2,1-6H3,(H,17,18);1H. The van der Waals surface area contributed by atoms with E-state index in [9.17, 15) is 4.79 Å². The Bertz CT molecular complexity index is 436. The Labute approximate surface area is 151 Å². The Morgan fingerprint density at radius 1 is 1.45 bits per heavy atom. The van der Waals surface area contributed by atoms with Gasteiger partial charge in [-0.25, -0.2) is 0 Å². The summed E-state index contributed by atoms with van der Waals surface area (Å²) in [6, 6.07) is 0.233. The summed E-state index contributed by atoms with van der Waals surface area (Å²) in [4.78, 5) is 20.9. The van der Waals surface area contributed by atoms with Crippen molar-refractivity contribution in [1.82, 2.24) is 15.1 Å². The van der Waals surface area contributed by atoms with Gasteiger partial charge in [-0.1, -0.05) is 6.92 Å². The summed E-state index contributed by atoms with van der Waals surface area (Å²) in [6.45, 7) is 12.9. The van der Waals surface area contributed by atoms with Gasteiger partial charge in [-0.3, -0.25) is 9.79 Å². The maximum absolute atomic E-state index is 12.5. The molecule has 0 radical (unpaired) electrons. The molecule has 0 aromatic heterocycles. The number of carbonyl (C=O) groups is 1. The molecule has 1 aliphatic heterocycles. The summed E-state index contributed by atoms with van der Waals surface area (Å²) in [5, 5.41) is 3.44. The quantitative estimate of drug-likeness (QED) is 0.431. The summed E-state index contributed by atoms with van der Waals surface area (Å²) >= 11 is 0. The lowest BCUT2D eigenvalue weighted by Crippen LogP contribution is -2.66. The average Bonchev–Trinajstić information content (AvgIpc) is 3.03. The van der Waals surface area contributed by atoms with E-state index >= 15 is 0 Å². The molecule has 128 valence electrons. The maximum atomic E-state index is 12.5. The molecular formula is C16H31IN4O. The number of hydrogen-bond donors (Lipinski definition) is 1. The van der Waals surface area contributed by atoms with Crippen molar-refractivity contribution >= 4 is 35.8 Å². The number of carbonyl (C=O) groups excluding carboxylic acids is 1. The van der Waals surface area contributed by atoms with Crippen LogP contribution in [0.15, 0.2) is 4.99 Å². The molecule has 1 saturated heterocycles. The Morgan fingerprint density at radius 2 is 2.05 bits per heavy atom. The smallest absolute Gasteiger partial charge is 0.242 e. The van der Waals surface area contributed by atoms with Gasteiger partial charge in [0.05, 0.1) is 12.1 Å². The second kappa shape index (κ2) is 7.36. The molecule has 2 aliphatic rings. The molecule has 5 nitrogen and oxygen atoms in total. The van der Waals surface area contributed by atoms with Gasteiger partial charge < -0.3 is 15.1 Å². The van der Waals surface area contributed by atoms with Crippen molar-refractivity contribution in [3.63, 3.8) is 0 Å². The van der Waals surface area contributed by atoms with Crippen LogP contribution in [0.1, 0.15) is 41.0 Å². The number of nitrogens with one attached hydrogen (secondary N) is 1. The van der Waals surface area contributed by atoms with Gasteiger partial charge >= 0.3 is 0 Å². The lowest BCUT2D eigenvalue weighted by atomic mass is 9.96. The van der Waals surface area contributed by atoms with E-state index in [4.69, 9.17) is 0 Å². The number of halogens is 1. The maximum Gasteiger partial charge on any atom is 0.242 e. The van der Waals surface area contributed by atoms with Gasteiger partial charge in [-0.15, -0.1) is 24.0 Å². The third-order valence-corrected chi connectivity index (χ3v) is 4.65. The zero-order chi connectivity index (χ0) is 15.8. The molecule has 1 amide bonds. The minimum Gasteiger partial charge on any atom is -0.356 e. The van der Waals surface area contributed by atoms with E-state index in [2.05, 4.69) is 49.8 Å². The van der Waals surface area contributed by atoms with Crippen molar-refractivity contribution in [2.45, 2.75) is 52.6 Å². The third-order valence-electron chi connectivity index (χ3n) is 4.65. The normalized spacial score (nSPS) is 27.8. The summed E-state index contributed by atoms with van der Waals surface area (Å²) in [6.07, 6.45) is 1.30. The third kappa shape index (κ3) is 4.26. The molecule has 6 heteroatoms. The molecular weight excluding hydrogens is 391 g/mol. The van der Waals surface area contributed by atoms with E-state index in [0.717, 1.165) is 30.9 Å². The van der Waals surface area contributed by atoms with Crippen LogP contribution in [0.25, 0.3) is 0 Å². The molecule has 1 heterocycles. The van der Waals surface area contributed by atoms with E-state index in [1.54, 1.807) is 7.05 Å². The van der Waals surface area contributed by atoms with E-state index in [0.29, 0.717) is 6.54 Å². The van der Waals surface area contributed by atoms with Crippen molar-refractivity contribution < 1.29 is 4.79 Å². The summed E-state index contributed by atoms with van der Waals surface area (Å²) in [5.74, 6) is 2.64. The van der Waals surface area contributed by atoms with Gasteiger partial charge in [-0.05, 0) is 46.0 Å². The Kier molecular flexibility index (Phi) is 6.53. The fourth-order valence-electron chi connectivity index (χ4n) is 3.55. The number of nitrogens with zero attached hydrogens (tertiary/aromatic N) is 3. The lowest BCUT2D eigenvalue weighted by molar-refractivity contribution is -0.145. The zero-order valence-corrected chi connectivity index (χ0v) is 17.0. The summed E-state index contributed by atoms with van der Waals surface area (Å²) < 4.78 is 0. The van der Waals surface area contributed by atoms with E-state index in [-0.39, 0.29) is 41.5 Å². The highest BCUT2D eigenvalue weighted by atomic mass is 127. The van der Waals surface area contributed by atoms with Crippen molar-refractivity contribution in [3.8, 4) is 0 Å². The molecule has 2 fully saturated rings. The molecule has 2 unspecified atom stereocenters. The van der Waals surface area contributed by atoms with Crippen LogP contribution in [0, 0.1) is 11.8 Å². The first-order valence-corrected chi connectivity index (χ1v) is 8.04. The van der Waals surface area contributed by atoms with E-state index in [1.165, 1.54) is 6.42 Å². The minimum absolute atomic E-state index is 0. The van der Waals surface area contributed by atoms with Crippen molar-refractivity contribution in [1.29, 1.82) is 0 Å². The zero-order valence-electron chi connectivity index (χ0n) is 14.7. The number of rotatable bonds is 3. The lowest BCUT2D eigenvalue weighted by Gasteiger charge is -2.49. The van der Waals surface area contributed by atoms with Crippen LogP contribution in [0.4, 0.5) is 0 Å². The van der Waals surface area contributed by atoms with Crippen LogP contribution in [0.2, 0.25) is 0 Å². The SMILES string of the molecule is CN=C(NCC1CC1C)N1CC(=O)N(C(C)C)C(C)(C)C1.I. The summed E-state index contributed by atoms with van der Waals surface area (Å²) in [7, 11) is 1.80. The van der Waals surface area contributed by atoms with Crippen LogP contribution in [-0.4, -0.2) is 59.9 Å². The highest BCUT2D eigenvalue weighted by Crippen LogP contribution is 2.36. The first kappa shape index (κ1) is 19.5. The Morgan fingerprint density at radius 3 is 2.45 bits per heavy atom. The average molecular weight is 422 g/mol. The first-order chi connectivity index (χ1) is 9.76. The van der Waals surface area contributed by atoms with Gasteiger partial charge in [-0.2, -0.15) is 0 Å². The molecule has 0 aromatic rings. The number of hydrogen-bond acceptors (Lipinski definition) is 2. The number of aliphatic imine (C=N–C) groups is 1.